The van der Waals surface area contributed by atoms with Gasteiger partial charge in [0.05, 0.1) is 35.1 Å². The number of thiazole rings is 1. The molecular weight excluding hydrogens is 583 g/mol. The van der Waals surface area contributed by atoms with Crippen LogP contribution in [0.5, 0.6) is 5.75 Å². The molecule has 3 aliphatic rings. The fraction of sp³-hybridized carbons (Fsp3) is 0.452. The number of hydrogen-bond acceptors (Lipinski definition) is 9. The van der Waals surface area contributed by atoms with Crippen LogP contribution in [0, 0.1) is 0 Å². The first-order chi connectivity index (χ1) is 20.8. The molecule has 2 saturated heterocycles. The first-order valence-electron chi connectivity index (χ1n) is 14.6. The van der Waals surface area contributed by atoms with Crippen molar-refractivity contribution in [3.8, 4) is 17.0 Å². The van der Waals surface area contributed by atoms with Crippen LogP contribution in [0.25, 0.3) is 21.5 Å². The van der Waals surface area contributed by atoms with Gasteiger partial charge in [0.15, 0.2) is 5.13 Å². The van der Waals surface area contributed by atoms with E-state index in [4.69, 9.17) is 19.0 Å². The average Bonchev–Trinajstić information content (AvgIpc) is 3.49. The molecule has 1 aliphatic carbocycles. The first kappa shape index (κ1) is 28.1. The van der Waals surface area contributed by atoms with Gasteiger partial charge in [-0.25, -0.2) is 9.78 Å². The maximum Gasteiger partial charge on any atom is 0.573 e. The number of ether oxygens (including phenoxy) is 3. The number of esters is 1. The van der Waals surface area contributed by atoms with Crippen molar-refractivity contribution in [1.29, 1.82) is 0 Å². The van der Waals surface area contributed by atoms with Crippen molar-refractivity contribution >= 4 is 32.7 Å². The number of nitrogens with zero attached hydrogens (tertiary/aromatic N) is 3. The molecular formula is C31H30F3N3O5S. The molecule has 2 aromatic carbocycles. The lowest BCUT2D eigenvalue weighted by atomic mass is 10.00. The Bertz CT molecular complexity index is 1640. The molecule has 2 aromatic heterocycles. The van der Waals surface area contributed by atoms with Crippen LogP contribution >= 0.6 is 11.3 Å². The van der Waals surface area contributed by atoms with E-state index in [0.29, 0.717) is 29.2 Å². The van der Waals surface area contributed by atoms with E-state index in [1.807, 2.05) is 12.1 Å². The Labute approximate surface area is 249 Å². The van der Waals surface area contributed by atoms with E-state index < -0.39 is 6.36 Å². The van der Waals surface area contributed by atoms with E-state index in [2.05, 4.69) is 14.8 Å². The molecule has 12 heteroatoms. The molecule has 2 aliphatic heterocycles. The van der Waals surface area contributed by atoms with Crippen molar-refractivity contribution in [3.63, 3.8) is 0 Å². The number of alkyl halides is 3. The summed E-state index contributed by atoms with van der Waals surface area (Å²) < 4.78 is 61.9. The molecule has 0 unspecified atom stereocenters. The van der Waals surface area contributed by atoms with Gasteiger partial charge in [-0.3, -0.25) is 0 Å². The van der Waals surface area contributed by atoms with Gasteiger partial charge in [0.2, 0.25) is 0 Å². The molecule has 226 valence electrons. The third-order valence-corrected chi connectivity index (χ3v) is 9.43. The van der Waals surface area contributed by atoms with E-state index in [-0.39, 0.29) is 48.0 Å². The third kappa shape index (κ3) is 5.70. The number of carbonyl (C=O) groups is 1. The molecule has 4 heterocycles. The fourth-order valence-electron chi connectivity index (χ4n) is 6.36. The second kappa shape index (κ2) is 11.1. The van der Waals surface area contributed by atoms with Gasteiger partial charge in [0.25, 0.3) is 0 Å². The highest BCUT2D eigenvalue weighted by molar-refractivity contribution is 7.22. The molecule has 0 radical (unpaired) electrons. The lowest BCUT2D eigenvalue weighted by Gasteiger charge is -2.38. The highest BCUT2D eigenvalue weighted by atomic mass is 32.1. The number of fused-ring (bicyclic) bond motifs is 3. The summed E-state index contributed by atoms with van der Waals surface area (Å²) in [6, 6.07) is 12.0. The number of aromatic nitrogens is 2. The molecule has 43 heavy (non-hydrogen) atoms. The molecule has 7 rings (SSSR count). The van der Waals surface area contributed by atoms with Gasteiger partial charge in [-0.1, -0.05) is 28.6 Å². The second-order valence-electron chi connectivity index (χ2n) is 11.3. The molecule has 0 amide bonds. The van der Waals surface area contributed by atoms with E-state index >= 15 is 0 Å². The number of piperidine rings is 1. The smallest absolute Gasteiger partial charge is 0.462 e. The monoisotopic (exact) mass is 613 g/mol. The topological polar surface area (TPSA) is 86.9 Å². The summed E-state index contributed by atoms with van der Waals surface area (Å²) in [5.74, 6) is 0.240. The van der Waals surface area contributed by atoms with Crippen LogP contribution in [0.1, 0.15) is 73.0 Å². The van der Waals surface area contributed by atoms with Crippen molar-refractivity contribution in [2.75, 3.05) is 11.5 Å². The number of anilines is 1. The van der Waals surface area contributed by atoms with Crippen LogP contribution in [-0.2, 0) is 16.1 Å². The van der Waals surface area contributed by atoms with Gasteiger partial charge in [-0.15, -0.1) is 13.2 Å². The highest BCUT2D eigenvalue weighted by Gasteiger charge is 2.43. The van der Waals surface area contributed by atoms with Crippen molar-refractivity contribution in [1.82, 2.24) is 10.1 Å². The standard InChI is InChI=1S/C31H30F3N3O5S/c1-2-39-29(38)18-9-12-24-26(13-18)43-30(35-24)37-19-10-11-20(37)15-21(14-19)40-16-23-27(36-42-28(23)17-7-8-17)22-5-3-4-6-25(22)41-31(32,33)34/h3-6,9,12-13,17,19-21H,2,7-8,10-11,14-16H2,1H3/t19-,20+,21-. The number of hydrogen-bond donors (Lipinski definition) is 0. The zero-order chi connectivity index (χ0) is 29.7. The molecule has 1 saturated carbocycles. The Kier molecular flexibility index (Phi) is 7.29. The summed E-state index contributed by atoms with van der Waals surface area (Å²) in [6.07, 6.45) is 0.750. The molecule has 8 nitrogen and oxygen atoms in total. The van der Waals surface area contributed by atoms with Crippen molar-refractivity contribution in [2.24, 2.45) is 0 Å². The Morgan fingerprint density at radius 3 is 2.58 bits per heavy atom. The number of rotatable bonds is 9. The van der Waals surface area contributed by atoms with Crippen LogP contribution < -0.4 is 9.64 Å². The van der Waals surface area contributed by atoms with Crippen LogP contribution in [0.3, 0.4) is 0 Å². The SMILES string of the molecule is CCOC(=O)c1ccc2nc(N3[C@@H]4CC[C@H]3C[C@H](OCc3c(-c5ccccc5OC(F)(F)F)noc3C3CC3)C4)sc2c1. The minimum atomic E-state index is -4.82. The predicted octanol–water partition coefficient (Wildman–Crippen LogP) is 7.62. The minimum absolute atomic E-state index is 0.0185. The first-order valence-corrected chi connectivity index (χ1v) is 15.4. The van der Waals surface area contributed by atoms with Crippen molar-refractivity contribution in [2.45, 2.75) is 82.5 Å². The summed E-state index contributed by atoms with van der Waals surface area (Å²) in [6.45, 7) is 2.31. The summed E-state index contributed by atoms with van der Waals surface area (Å²) in [7, 11) is 0. The largest absolute Gasteiger partial charge is 0.573 e. The number of para-hydroxylation sites is 1. The molecule has 2 bridgehead atoms. The number of benzene rings is 2. The van der Waals surface area contributed by atoms with Crippen LogP contribution in [0.4, 0.5) is 18.3 Å². The minimum Gasteiger partial charge on any atom is -0.462 e. The maximum atomic E-state index is 13.1. The molecule has 0 N–H and O–H groups in total. The summed E-state index contributed by atoms with van der Waals surface area (Å²) in [5, 5.41) is 5.14. The fourth-order valence-corrected chi connectivity index (χ4v) is 7.50. The zero-order valence-corrected chi connectivity index (χ0v) is 24.2. The Morgan fingerprint density at radius 2 is 1.86 bits per heavy atom. The molecule has 0 spiro atoms. The lowest BCUT2D eigenvalue weighted by Crippen LogP contribution is -2.45. The molecule has 4 aromatic rings. The predicted molar refractivity (Wildman–Crippen MR) is 153 cm³/mol. The van der Waals surface area contributed by atoms with Gasteiger partial charge in [0.1, 0.15) is 17.2 Å². The normalized spacial score (nSPS) is 21.9. The number of halogens is 3. The van der Waals surface area contributed by atoms with Gasteiger partial charge in [-0.05, 0) is 75.8 Å². The Balaban J connectivity index is 1.08. The summed E-state index contributed by atoms with van der Waals surface area (Å²) >= 11 is 1.58. The molecule has 3 fully saturated rings. The second-order valence-corrected chi connectivity index (χ2v) is 12.3. The summed E-state index contributed by atoms with van der Waals surface area (Å²) in [5.41, 5.74) is 2.63. The lowest BCUT2D eigenvalue weighted by molar-refractivity contribution is -0.274. The van der Waals surface area contributed by atoms with E-state index in [1.165, 1.54) is 12.1 Å². The van der Waals surface area contributed by atoms with E-state index in [1.54, 1.807) is 36.5 Å². The van der Waals surface area contributed by atoms with E-state index in [0.717, 1.165) is 53.9 Å². The maximum absolute atomic E-state index is 13.1. The van der Waals surface area contributed by atoms with Gasteiger partial charge < -0.3 is 23.6 Å². The zero-order valence-electron chi connectivity index (χ0n) is 23.4. The Hall–Kier alpha value is -3.64. The van der Waals surface area contributed by atoms with Crippen molar-refractivity contribution < 1.29 is 36.7 Å². The third-order valence-electron chi connectivity index (χ3n) is 8.40. The highest BCUT2D eigenvalue weighted by Crippen LogP contribution is 2.47. The van der Waals surface area contributed by atoms with Gasteiger partial charge >= 0.3 is 12.3 Å². The van der Waals surface area contributed by atoms with Crippen LogP contribution in [0.2, 0.25) is 0 Å². The van der Waals surface area contributed by atoms with Crippen molar-refractivity contribution in [3.05, 3.63) is 59.4 Å². The van der Waals surface area contributed by atoms with Gasteiger partial charge in [0, 0.05) is 29.1 Å². The van der Waals surface area contributed by atoms with Crippen LogP contribution in [-0.4, -0.2) is 47.3 Å². The molecule has 3 atom stereocenters. The van der Waals surface area contributed by atoms with E-state index in [9.17, 15) is 18.0 Å². The van der Waals surface area contributed by atoms with Gasteiger partial charge in [-0.2, -0.15) is 0 Å². The quantitative estimate of drug-likeness (QED) is 0.178. The number of carbonyl (C=O) groups excluding carboxylic acids is 1. The average molecular weight is 614 g/mol. The van der Waals surface area contributed by atoms with Crippen LogP contribution in [0.15, 0.2) is 47.0 Å². The summed E-state index contributed by atoms with van der Waals surface area (Å²) in [4.78, 5) is 19.5. The Morgan fingerprint density at radius 1 is 1.09 bits per heavy atom.